The number of anilines is 1. The highest BCUT2D eigenvalue weighted by Crippen LogP contribution is 2.30. The first-order valence-electron chi connectivity index (χ1n) is 9.99. The number of benzene rings is 2. The van der Waals surface area contributed by atoms with Gasteiger partial charge in [-0.1, -0.05) is 55.1 Å². The SMILES string of the molecule is C=CCn1c2ccccc2c2nnc(S[C@H](CC)C(=O)Nc3ccccc3OC)nc21. The van der Waals surface area contributed by atoms with Gasteiger partial charge in [-0.2, -0.15) is 0 Å². The van der Waals surface area contributed by atoms with Crippen LogP contribution in [0.15, 0.2) is 66.3 Å². The second-order valence-electron chi connectivity index (χ2n) is 6.89. The molecule has 0 saturated carbocycles. The van der Waals surface area contributed by atoms with Gasteiger partial charge in [-0.15, -0.1) is 16.8 Å². The lowest BCUT2D eigenvalue weighted by atomic mass is 10.2. The molecule has 0 radical (unpaired) electrons. The second kappa shape index (κ2) is 9.18. The number of aromatic nitrogens is 4. The molecular formula is C23H23N5O2S. The van der Waals surface area contributed by atoms with Crippen molar-refractivity contribution in [2.45, 2.75) is 30.3 Å². The molecule has 0 aliphatic heterocycles. The van der Waals surface area contributed by atoms with Gasteiger partial charge in [0.1, 0.15) is 11.3 Å². The number of para-hydroxylation sites is 3. The monoisotopic (exact) mass is 433 g/mol. The summed E-state index contributed by atoms with van der Waals surface area (Å²) < 4.78 is 7.39. The van der Waals surface area contributed by atoms with E-state index >= 15 is 0 Å². The zero-order valence-electron chi connectivity index (χ0n) is 17.4. The lowest BCUT2D eigenvalue weighted by Gasteiger charge is -2.15. The third-order valence-corrected chi connectivity index (χ3v) is 6.16. The molecule has 0 bridgehead atoms. The van der Waals surface area contributed by atoms with Crippen LogP contribution in [0.25, 0.3) is 22.1 Å². The van der Waals surface area contributed by atoms with E-state index in [0.717, 1.165) is 22.1 Å². The highest BCUT2D eigenvalue weighted by molar-refractivity contribution is 8.00. The van der Waals surface area contributed by atoms with Crippen LogP contribution >= 0.6 is 11.8 Å². The molecule has 2 heterocycles. The fraction of sp³-hybridized carbons (Fsp3) is 0.217. The van der Waals surface area contributed by atoms with E-state index < -0.39 is 0 Å². The first kappa shape index (κ1) is 20.9. The molecule has 0 aliphatic carbocycles. The molecule has 4 rings (SSSR count). The van der Waals surface area contributed by atoms with Gasteiger partial charge in [0.2, 0.25) is 11.1 Å². The van der Waals surface area contributed by atoms with Crippen LogP contribution in [-0.2, 0) is 11.3 Å². The van der Waals surface area contributed by atoms with Gasteiger partial charge < -0.3 is 14.6 Å². The summed E-state index contributed by atoms with van der Waals surface area (Å²) in [7, 11) is 1.58. The Morgan fingerprint density at radius 3 is 2.77 bits per heavy atom. The largest absolute Gasteiger partial charge is 0.495 e. The van der Waals surface area contributed by atoms with Gasteiger partial charge in [-0.05, 0) is 24.6 Å². The predicted octanol–water partition coefficient (Wildman–Crippen LogP) is 4.68. The molecule has 4 aromatic rings. The number of carbonyl (C=O) groups is 1. The molecule has 2 aromatic heterocycles. The third-order valence-electron chi connectivity index (χ3n) is 4.94. The van der Waals surface area contributed by atoms with Gasteiger partial charge in [0.25, 0.3) is 0 Å². The van der Waals surface area contributed by atoms with Crippen LogP contribution in [0.4, 0.5) is 5.69 Å². The number of hydrogen-bond acceptors (Lipinski definition) is 6. The quantitative estimate of drug-likeness (QED) is 0.321. The van der Waals surface area contributed by atoms with E-state index in [2.05, 4.69) is 26.7 Å². The van der Waals surface area contributed by atoms with Crippen LogP contribution < -0.4 is 10.1 Å². The van der Waals surface area contributed by atoms with E-state index in [0.29, 0.717) is 29.6 Å². The minimum absolute atomic E-state index is 0.132. The lowest BCUT2D eigenvalue weighted by molar-refractivity contribution is -0.115. The van der Waals surface area contributed by atoms with Gasteiger partial charge in [0.05, 0.1) is 23.6 Å². The molecule has 7 nitrogen and oxygen atoms in total. The Labute approximate surface area is 184 Å². The molecule has 2 aromatic carbocycles. The van der Waals surface area contributed by atoms with E-state index in [9.17, 15) is 4.79 Å². The van der Waals surface area contributed by atoms with Crippen molar-refractivity contribution < 1.29 is 9.53 Å². The molecular weight excluding hydrogens is 410 g/mol. The first-order chi connectivity index (χ1) is 15.2. The number of thioether (sulfide) groups is 1. The van der Waals surface area contributed by atoms with Crippen molar-refractivity contribution in [2.24, 2.45) is 0 Å². The van der Waals surface area contributed by atoms with Crippen LogP contribution in [0.2, 0.25) is 0 Å². The number of hydrogen-bond donors (Lipinski definition) is 1. The zero-order valence-corrected chi connectivity index (χ0v) is 18.2. The van der Waals surface area contributed by atoms with Crippen molar-refractivity contribution in [3.05, 3.63) is 61.2 Å². The second-order valence-corrected chi connectivity index (χ2v) is 8.06. The van der Waals surface area contributed by atoms with Gasteiger partial charge in [-0.3, -0.25) is 4.79 Å². The fourth-order valence-electron chi connectivity index (χ4n) is 3.46. The molecule has 1 amide bonds. The first-order valence-corrected chi connectivity index (χ1v) is 10.9. The number of amides is 1. The molecule has 0 saturated heterocycles. The molecule has 8 heteroatoms. The number of nitrogens with zero attached hydrogens (tertiary/aromatic N) is 4. The average Bonchev–Trinajstić information content (AvgIpc) is 3.11. The van der Waals surface area contributed by atoms with Gasteiger partial charge in [0.15, 0.2) is 5.65 Å². The number of rotatable bonds is 8. The Morgan fingerprint density at radius 1 is 1.23 bits per heavy atom. The van der Waals surface area contributed by atoms with Crippen LogP contribution in [-0.4, -0.2) is 38.0 Å². The van der Waals surface area contributed by atoms with E-state index in [1.807, 2.05) is 61.5 Å². The summed E-state index contributed by atoms with van der Waals surface area (Å²) in [6, 6.07) is 15.3. The number of fused-ring (bicyclic) bond motifs is 3. The van der Waals surface area contributed by atoms with Crippen molar-refractivity contribution in [3.63, 3.8) is 0 Å². The van der Waals surface area contributed by atoms with Gasteiger partial charge in [-0.25, -0.2) is 4.98 Å². The normalized spacial score (nSPS) is 12.1. The van der Waals surface area contributed by atoms with Crippen molar-refractivity contribution >= 4 is 45.4 Å². The highest BCUT2D eigenvalue weighted by atomic mass is 32.2. The van der Waals surface area contributed by atoms with Crippen LogP contribution in [0.3, 0.4) is 0 Å². The maximum absolute atomic E-state index is 12.9. The van der Waals surface area contributed by atoms with Crippen molar-refractivity contribution in [1.82, 2.24) is 19.7 Å². The smallest absolute Gasteiger partial charge is 0.238 e. The number of methoxy groups -OCH3 is 1. The minimum atomic E-state index is -0.374. The van der Waals surface area contributed by atoms with E-state index in [4.69, 9.17) is 9.72 Å². The molecule has 1 atom stereocenters. The summed E-state index contributed by atoms with van der Waals surface area (Å²) >= 11 is 1.30. The summed E-state index contributed by atoms with van der Waals surface area (Å²) in [4.78, 5) is 17.6. The highest BCUT2D eigenvalue weighted by Gasteiger charge is 2.22. The van der Waals surface area contributed by atoms with Crippen molar-refractivity contribution in [2.75, 3.05) is 12.4 Å². The molecule has 0 unspecified atom stereocenters. The Kier molecular flexibility index (Phi) is 6.18. The number of allylic oxidation sites excluding steroid dienone is 1. The summed E-state index contributed by atoms with van der Waals surface area (Å²) in [5.41, 5.74) is 3.14. The van der Waals surface area contributed by atoms with Crippen LogP contribution in [0.1, 0.15) is 13.3 Å². The third kappa shape index (κ3) is 4.11. The van der Waals surface area contributed by atoms with Gasteiger partial charge in [0, 0.05) is 11.9 Å². The molecule has 1 N–H and O–H groups in total. The lowest BCUT2D eigenvalue weighted by Crippen LogP contribution is -2.25. The van der Waals surface area contributed by atoms with Crippen LogP contribution in [0, 0.1) is 0 Å². The zero-order chi connectivity index (χ0) is 21.8. The average molecular weight is 434 g/mol. The van der Waals surface area contributed by atoms with Crippen molar-refractivity contribution in [1.29, 1.82) is 0 Å². The van der Waals surface area contributed by atoms with Gasteiger partial charge >= 0.3 is 0 Å². The predicted molar refractivity (Wildman–Crippen MR) is 125 cm³/mol. The van der Waals surface area contributed by atoms with E-state index in [1.165, 1.54) is 11.8 Å². The summed E-state index contributed by atoms with van der Waals surface area (Å²) in [6.45, 7) is 6.43. The summed E-state index contributed by atoms with van der Waals surface area (Å²) in [5.74, 6) is 0.483. The Morgan fingerprint density at radius 2 is 2.00 bits per heavy atom. The molecule has 158 valence electrons. The standard InChI is InChI=1S/C23H23N5O2S/c1-4-14-28-17-12-8-6-10-15(17)20-21(28)25-23(27-26-20)31-19(5-2)22(29)24-16-11-7-9-13-18(16)30-3/h4,6-13,19H,1,5,14H2,2-3H3,(H,24,29)/t19-/m1/s1. The van der Waals surface area contributed by atoms with E-state index in [-0.39, 0.29) is 11.2 Å². The topological polar surface area (TPSA) is 81.9 Å². The summed E-state index contributed by atoms with van der Waals surface area (Å²) in [5, 5.41) is 12.8. The molecule has 0 aliphatic rings. The maximum atomic E-state index is 12.9. The minimum Gasteiger partial charge on any atom is -0.495 e. The molecule has 0 spiro atoms. The Hall–Kier alpha value is -3.39. The fourth-order valence-corrected chi connectivity index (χ4v) is 4.28. The number of ether oxygens (including phenoxy) is 1. The Bertz CT molecular complexity index is 1250. The van der Waals surface area contributed by atoms with Crippen LogP contribution in [0.5, 0.6) is 5.75 Å². The number of nitrogens with one attached hydrogen (secondary N) is 1. The summed E-state index contributed by atoms with van der Waals surface area (Å²) in [6.07, 6.45) is 2.44. The maximum Gasteiger partial charge on any atom is 0.238 e. The number of carbonyl (C=O) groups excluding carboxylic acids is 1. The van der Waals surface area contributed by atoms with Crippen molar-refractivity contribution in [3.8, 4) is 5.75 Å². The van der Waals surface area contributed by atoms with E-state index in [1.54, 1.807) is 7.11 Å². The molecule has 31 heavy (non-hydrogen) atoms. The molecule has 0 fully saturated rings. The Balaban J connectivity index is 1.63.